The van der Waals surface area contributed by atoms with E-state index in [-0.39, 0.29) is 5.76 Å². The monoisotopic (exact) mass is 324 g/mol. The van der Waals surface area contributed by atoms with Crippen LogP contribution in [0.25, 0.3) is 6.08 Å². The van der Waals surface area contributed by atoms with Gasteiger partial charge in [-0.1, -0.05) is 5.76 Å². The summed E-state index contributed by atoms with van der Waals surface area (Å²) in [4.78, 5) is 0. The lowest BCUT2D eigenvalue weighted by Gasteiger charge is -2.36. The molecule has 0 saturated heterocycles. The van der Waals surface area contributed by atoms with Gasteiger partial charge in [0.15, 0.2) is 0 Å². The summed E-state index contributed by atoms with van der Waals surface area (Å²) in [6.45, 7) is 7.41. The van der Waals surface area contributed by atoms with Gasteiger partial charge in [-0.2, -0.15) is 0 Å². The second-order valence-corrected chi connectivity index (χ2v) is 6.16. The van der Waals surface area contributed by atoms with Crippen molar-refractivity contribution in [1.82, 2.24) is 0 Å². The molecule has 0 amide bonds. The van der Waals surface area contributed by atoms with Gasteiger partial charge in [-0.25, -0.2) is 4.42 Å². The summed E-state index contributed by atoms with van der Waals surface area (Å²) in [6.07, 6.45) is 6.25. The third-order valence-corrected chi connectivity index (χ3v) is 3.88. The van der Waals surface area contributed by atoms with E-state index in [1.54, 1.807) is 12.2 Å². The van der Waals surface area contributed by atoms with Crippen LogP contribution in [0.5, 0.6) is 0 Å². The Morgan fingerprint density at radius 2 is 1.62 bits per heavy atom. The summed E-state index contributed by atoms with van der Waals surface area (Å²) in [5, 5.41) is 22.7. The van der Waals surface area contributed by atoms with Gasteiger partial charge < -0.3 is 14.9 Å². The molecule has 4 heteroatoms. The molecule has 1 N–H and O–H groups in total. The molecule has 0 bridgehead atoms. The van der Waals surface area contributed by atoms with Crippen molar-refractivity contribution < 1.29 is 19.4 Å². The molecule has 4 nitrogen and oxygen atoms in total. The first-order chi connectivity index (χ1) is 11.3. The van der Waals surface area contributed by atoms with Crippen LogP contribution in [-0.4, -0.2) is 11.2 Å². The van der Waals surface area contributed by atoms with Crippen LogP contribution < -0.4 is 5.11 Å². The first-order valence-electron chi connectivity index (χ1n) is 7.82. The molecule has 3 rings (SSSR count). The van der Waals surface area contributed by atoms with Gasteiger partial charge in [-0.3, -0.25) is 0 Å². The molecule has 24 heavy (non-hydrogen) atoms. The first kappa shape index (κ1) is 16.3. The average Bonchev–Trinajstić information content (AvgIpc) is 2.48. The van der Waals surface area contributed by atoms with Crippen molar-refractivity contribution in [2.24, 2.45) is 0 Å². The Hall–Kier alpha value is -2.59. The summed E-state index contributed by atoms with van der Waals surface area (Å²) in [6, 6.07) is 3.68. The Morgan fingerprint density at radius 1 is 1.04 bits per heavy atom. The minimum absolute atomic E-state index is 0.130. The van der Waals surface area contributed by atoms with E-state index in [9.17, 15) is 10.2 Å². The number of rotatable bonds is 2. The van der Waals surface area contributed by atoms with Crippen molar-refractivity contribution in [3.05, 3.63) is 81.4 Å². The van der Waals surface area contributed by atoms with Crippen molar-refractivity contribution in [2.75, 3.05) is 0 Å². The summed E-state index contributed by atoms with van der Waals surface area (Å²) >= 11 is 0. The number of ether oxygens (including phenoxy) is 1. The molecular weight excluding hydrogens is 304 g/mol. The molecule has 1 aliphatic heterocycles. The fourth-order valence-electron chi connectivity index (χ4n) is 2.97. The summed E-state index contributed by atoms with van der Waals surface area (Å²) in [5.41, 5.74) is 2.51. The van der Waals surface area contributed by atoms with Gasteiger partial charge in [0.2, 0.25) is 0 Å². The van der Waals surface area contributed by atoms with E-state index in [4.69, 9.17) is 9.15 Å². The SMILES string of the molecule is CC1=CC(=CC2=C([O-])C(=Cc3cc(C)[o+]c(C)c3)C2O)C=C(C)O1. The quantitative estimate of drug-likeness (QED) is 0.848. The van der Waals surface area contributed by atoms with Gasteiger partial charge in [-0.15, -0.1) is 0 Å². The van der Waals surface area contributed by atoms with Crippen LogP contribution in [0.2, 0.25) is 0 Å². The van der Waals surface area contributed by atoms with Crippen LogP contribution >= 0.6 is 0 Å². The Kier molecular flexibility index (Phi) is 4.16. The van der Waals surface area contributed by atoms with Crippen LogP contribution in [0.15, 0.2) is 68.8 Å². The van der Waals surface area contributed by atoms with Gasteiger partial charge in [-0.05, 0) is 60.4 Å². The lowest BCUT2D eigenvalue weighted by molar-refractivity contribution is -0.305. The Morgan fingerprint density at radius 3 is 2.17 bits per heavy atom. The summed E-state index contributed by atoms with van der Waals surface area (Å²) in [7, 11) is 0. The lowest BCUT2D eigenvalue weighted by atomic mass is 9.83. The molecule has 0 aromatic carbocycles. The number of hydrogen-bond acceptors (Lipinski definition) is 3. The van der Waals surface area contributed by atoms with Crippen LogP contribution in [0.3, 0.4) is 0 Å². The van der Waals surface area contributed by atoms with Crippen LogP contribution in [-0.2, 0) is 4.74 Å². The summed E-state index contributed by atoms with van der Waals surface area (Å²) < 4.78 is 10.9. The minimum Gasteiger partial charge on any atom is -0.872 e. The predicted octanol–water partition coefficient (Wildman–Crippen LogP) is 3.31. The third kappa shape index (κ3) is 3.19. The van der Waals surface area contributed by atoms with Crippen LogP contribution in [0, 0.1) is 13.8 Å². The fourth-order valence-corrected chi connectivity index (χ4v) is 2.97. The Labute approximate surface area is 141 Å². The third-order valence-electron chi connectivity index (χ3n) is 3.88. The number of aryl methyl sites for hydroxylation is 2. The Balaban J connectivity index is 1.93. The topological polar surface area (TPSA) is 63.8 Å². The zero-order valence-corrected chi connectivity index (χ0v) is 14.2. The number of aliphatic hydroxyl groups excluding tert-OH is 1. The van der Waals surface area contributed by atoms with Crippen molar-refractivity contribution in [3.63, 3.8) is 0 Å². The minimum atomic E-state index is -0.868. The number of hydrogen-bond donors (Lipinski definition) is 1. The molecule has 1 aromatic rings. The van der Waals surface area contributed by atoms with Gasteiger partial charge >= 0.3 is 11.5 Å². The molecule has 124 valence electrons. The number of allylic oxidation sites excluding steroid dienone is 5. The molecule has 2 heterocycles. The van der Waals surface area contributed by atoms with E-state index in [1.165, 1.54) is 0 Å². The molecule has 0 fully saturated rings. The van der Waals surface area contributed by atoms with Gasteiger partial charge in [0.25, 0.3) is 0 Å². The molecule has 1 unspecified atom stereocenters. The second kappa shape index (κ2) is 6.13. The maximum absolute atomic E-state index is 12.4. The van der Waals surface area contributed by atoms with Crippen LogP contribution in [0.1, 0.15) is 30.9 Å². The first-order valence-corrected chi connectivity index (χ1v) is 7.82. The fraction of sp³-hybridized carbons (Fsp3) is 0.250. The lowest BCUT2D eigenvalue weighted by Crippen LogP contribution is -2.33. The van der Waals surface area contributed by atoms with E-state index >= 15 is 0 Å². The highest BCUT2D eigenvalue weighted by Gasteiger charge is 2.26. The van der Waals surface area contributed by atoms with Crippen molar-refractivity contribution in [3.8, 4) is 0 Å². The summed E-state index contributed by atoms with van der Waals surface area (Å²) in [5.74, 6) is 2.92. The second-order valence-electron chi connectivity index (χ2n) is 6.16. The van der Waals surface area contributed by atoms with E-state index in [0.29, 0.717) is 11.1 Å². The average molecular weight is 324 g/mol. The number of aliphatic hydroxyl groups is 1. The molecule has 1 atom stereocenters. The molecule has 2 aliphatic rings. The van der Waals surface area contributed by atoms with E-state index in [2.05, 4.69) is 0 Å². The van der Waals surface area contributed by atoms with Gasteiger partial charge in [0, 0.05) is 12.1 Å². The maximum atomic E-state index is 12.4. The standard InChI is InChI=1S/C20H20O4/c1-11-5-15(6-12(2)23-11)9-17-19(21)18(20(17)22)10-16-7-13(3)24-14(4)8-16/h5-10,19,21H,1-4H3. The smallest absolute Gasteiger partial charge is 0.327 e. The molecular formula is C20H20O4. The zero-order valence-electron chi connectivity index (χ0n) is 14.2. The normalized spacial score (nSPS) is 22.0. The van der Waals surface area contributed by atoms with Gasteiger partial charge in [0.05, 0.1) is 13.8 Å². The maximum Gasteiger partial charge on any atom is 0.327 e. The highest BCUT2D eigenvalue weighted by atomic mass is 16.5. The highest BCUT2D eigenvalue weighted by molar-refractivity contribution is 5.68. The van der Waals surface area contributed by atoms with E-state index in [1.807, 2.05) is 52.0 Å². The van der Waals surface area contributed by atoms with Crippen molar-refractivity contribution >= 4 is 6.08 Å². The van der Waals surface area contributed by atoms with E-state index in [0.717, 1.165) is 34.2 Å². The van der Waals surface area contributed by atoms with Crippen molar-refractivity contribution in [1.29, 1.82) is 0 Å². The largest absolute Gasteiger partial charge is 0.872 e. The van der Waals surface area contributed by atoms with E-state index < -0.39 is 6.10 Å². The zero-order chi connectivity index (χ0) is 17.4. The highest BCUT2D eigenvalue weighted by Crippen LogP contribution is 2.35. The molecule has 1 aliphatic carbocycles. The molecule has 0 spiro atoms. The van der Waals surface area contributed by atoms with Crippen LogP contribution in [0.4, 0.5) is 0 Å². The van der Waals surface area contributed by atoms with Gasteiger partial charge in [0.1, 0.15) is 17.6 Å². The molecule has 1 aromatic heterocycles. The predicted molar refractivity (Wildman–Crippen MR) is 90.3 cm³/mol. The molecule has 0 saturated carbocycles. The molecule has 0 radical (unpaired) electrons. The Bertz CT molecular complexity index is 810. The van der Waals surface area contributed by atoms with Crippen molar-refractivity contribution in [2.45, 2.75) is 33.8 Å².